The molecule has 5 nitrogen and oxygen atoms in total. The summed E-state index contributed by atoms with van der Waals surface area (Å²) in [5.41, 5.74) is 1.38. The second-order valence-corrected chi connectivity index (χ2v) is 6.26. The number of anilines is 1. The first-order valence-corrected chi connectivity index (χ1v) is 8.40. The maximum atomic E-state index is 12.7. The molecule has 0 bridgehead atoms. The van der Waals surface area contributed by atoms with E-state index < -0.39 is 0 Å². The zero-order valence-corrected chi connectivity index (χ0v) is 13.4. The normalized spacial score (nSPS) is 16.3. The Bertz CT molecular complexity index is 674. The van der Waals surface area contributed by atoms with Gasteiger partial charge < -0.3 is 9.84 Å². The van der Waals surface area contributed by atoms with Crippen LogP contribution in [-0.2, 0) is 9.53 Å². The lowest BCUT2D eigenvalue weighted by Gasteiger charge is -2.20. The first kappa shape index (κ1) is 15.7. The van der Waals surface area contributed by atoms with Crippen LogP contribution in [-0.4, -0.2) is 29.2 Å². The van der Waals surface area contributed by atoms with E-state index in [0.717, 1.165) is 31.6 Å². The number of thiazole rings is 1. The Morgan fingerprint density at radius 1 is 1.30 bits per heavy atom. The number of phenols is 1. The molecule has 23 heavy (non-hydrogen) atoms. The molecule has 120 valence electrons. The molecule has 3 rings (SSSR count). The molecule has 2 aromatic rings. The number of benzene rings is 1. The molecular formula is C17H18N2O3S. The number of allylic oxidation sites excluding steroid dienone is 1. The van der Waals surface area contributed by atoms with Crippen LogP contribution in [0.5, 0.6) is 5.75 Å². The standard InChI is InChI=1S/C17H18N2O3S/c20-14-3-1-13(2-4-14)15(11-12-5-8-22-9-6-12)16(21)19-17-18-7-10-23-17/h1-4,7,10-12,20H,5-6,8-9H2,(H,18,19,21)/b15-11+. The number of ether oxygens (including phenoxy) is 1. The number of amides is 1. The van der Waals surface area contributed by atoms with E-state index in [1.54, 1.807) is 30.5 Å². The topological polar surface area (TPSA) is 71.5 Å². The van der Waals surface area contributed by atoms with Gasteiger partial charge in [0.05, 0.1) is 0 Å². The molecule has 0 aliphatic carbocycles. The molecule has 6 heteroatoms. The summed E-state index contributed by atoms with van der Waals surface area (Å²) >= 11 is 1.38. The first-order chi connectivity index (χ1) is 11.2. The van der Waals surface area contributed by atoms with Gasteiger partial charge in [-0.15, -0.1) is 11.3 Å². The fraction of sp³-hybridized carbons (Fsp3) is 0.294. The maximum Gasteiger partial charge on any atom is 0.257 e. The second-order valence-electron chi connectivity index (χ2n) is 5.37. The average molecular weight is 330 g/mol. The van der Waals surface area contributed by atoms with Crippen LogP contribution >= 0.6 is 11.3 Å². The third-order valence-electron chi connectivity index (χ3n) is 3.74. The summed E-state index contributed by atoms with van der Waals surface area (Å²) in [6.45, 7) is 1.44. The smallest absolute Gasteiger partial charge is 0.257 e. The van der Waals surface area contributed by atoms with Crippen LogP contribution in [0.25, 0.3) is 5.57 Å². The summed E-state index contributed by atoms with van der Waals surface area (Å²) in [6, 6.07) is 6.68. The molecule has 1 aromatic carbocycles. The summed E-state index contributed by atoms with van der Waals surface area (Å²) in [5, 5.41) is 14.7. The number of nitrogens with zero attached hydrogens (tertiary/aromatic N) is 1. The quantitative estimate of drug-likeness (QED) is 0.844. The number of nitrogens with one attached hydrogen (secondary N) is 1. The van der Waals surface area contributed by atoms with Crippen molar-refractivity contribution in [3.05, 3.63) is 47.5 Å². The van der Waals surface area contributed by atoms with Gasteiger partial charge in [-0.1, -0.05) is 18.2 Å². The molecule has 1 aliphatic rings. The Labute approximate surface area is 138 Å². The Balaban J connectivity index is 1.87. The lowest BCUT2D eigenvalue weighted by molar-refractivity contribution is -0.111. The van der Waals surface area contributed by atoms with E-state index in [-0.39, 0.29) is 11.7 Å². The summed E-state index contributed by atoms with van der Waals surface area (Å²) < 4.78 is 5.38. The van der Waals surface area contributed by atoms with Crippen molar-refractivity contribution in [2.75, 3.05) is 18.5 Å². The molecule has 2 N–H and O–H groups in total. The number of carbonyl (C=O) groups excluding carboxylic acids is 1. The van der Waals surface area contributed by atoms with Crippen molar-refractivity contribution in [1.82, 2.24) is 4.98 Å². The summed E-state index contributed by atoms with van der Waals surface area (Å²) in [5.74, 6) is 0.311. The first-order valence-electron chi connectivity index (χ1n) is 7.52. The number of hydrogen-bond acceptors (Lipinski definition) is 5. The number of aromatic hydroxyl groups is 1. The van der Waals surface area contributed by atoms with E-state index in [0.29, 0.717) is 16.6 Å². The Morgan fingerprint density at radius 2 is 2.04 bits per heavy atom. The zero-order chi connectivity index (χ0) is 16.1. The van der Waals surface area contributed by atoms with Gasteiger partial charge in [-0.3, -0.25) is 10.1 Å². The highest BCUT2D eigenvalue weighted by Gasteiger charge is 2.18. The number of aromatic nitrogens is 1. The average Bonchev–Trinajstić information content (AvgIpc) is 3.07. The lowest BCUT2D eigenvalue weighted by Crippen LogP contribution is -2.18. The number of rotatable bonds is 4. The second kappa shape index (κ2) is 7.39. The van der Waals surface area contributed by atoms with Crippen LogP contribution in [0.15, 0.2) is 41.9 Å². The highest BCUT2D eigenvalue weighted by atomic mass is 32.1. The maximum absolute atomic E-state index is 12.7. The minimum atomic E-state index is -0.183. The molecule has 0 radical (unpaired) electrons. The van der Waals surface area contributed by atoms with E-state index in [1.807, 2.05) is 11.5 Å². The van der Waals surface area contributed by atoms with Crippen molar-refractivity contribution >= 4 is 27.9 Å². The summed E-state index contributed by atoms with van der Waals surface area (Å²) in [7, 11) is 0. The zero-order valence-electron chi connectivity index (χ0n) is 12.6. The minimum Gasteiger partial charge on any atom is -0.508 e. The fourth-order valence-corrected chi connectivity index (χ4v) is 3.04. The van der Waals surface area contributed by atoms with Gasteiger partial charge in [0.25, 0.3) is 5.91 Å². The molecule has 0 saturated carbocycles. The van der Waals surface area contributed by atoms with E-state index in [4.69, 9.17) is 4.74 Å². The third kappa shape index (κ3) is 4.18. The largest absolute Gasteiger partial charge is 0.508 e. The van der Waals surface area contributed by atoms with Gasteiger partial charge in [0.15, 0.2) is 5.13 Å². The van der Waals surface area contributed by atoms with Gasteiger partial charge in [0, 0.05) is 30.4 Å². The Morgan fingerprint density at radius 3 is 2.70 bits per heavy atom. The molecule has 0 atom stereocenters. The van der Waals surface area contributed by atoms with Crippen LogP contribution in [0, 0.1) is 5.92 Å². The van der Waals surface area contributed by atoms with Gasteiger partial charge in [0.2, 0.25) is 0 Å². The highest BCUT2D eigenvalue weighted by molar-refractivity contribution is 7.13. The van der Waals surface area contributed by atoms with Crippen molar-refractivity contribution in [3.8, 4) is 5.75 Å². The SMILES string of the molecule is O=C(Nc1nccs1)/C(=C/C1CCOCC1)c1ccc(O)cc1. The Kier molecular flexibility index (Phi) is 5.05. The van der Waals surface area contributed by atoms with Gasteiger partial charge in [-0.05, 0) is 36.5 Å². The highest BCUT2D eigenvalue weighted by Crippen LogP contribution is 2.25. The van der Waals surface area contributed by atoms with E-state index in [9.17, 15) is 9.90 Å². The van der Waals surface area contributed by atoms with Crippen molar-refractivity contribution in [3.63, 3.8) is 0 Å². The van der Waals surface area contributed by atoms with Gasteiger partial charge in [-0.2, -0.15) is 0 Å². The van der Waals surface area contributed by atoms with E-state index >= 15 is 0 Å². The number of phenolic OH excluding ortho intramolecular Hbond substituents is 1. The van der Waals surface area contributed by atoms with Crippen molar-refractivity contribution < 1.29 is 14.6 Å². The molecule has 2 heterocycles. The van der Waals surface area contributed by atoms with Gasteiger partial charge >= 0.3 is 0 Å². The van der Waals surface area contributed by atoms with Crippen LogP contribution in [0.4, 0.5) is 5.13 Å². The monoisotopic (exact) mass is 330 g/mol. The molecular weight excluding hydrogens is 312 g/mol. The van der Waals surface area contributed by atoms with Crippen molar-refractivity contribution in [2.24, 2.45) is 5.92 Å². The predicted molar refractivity (Wildman–Crippen MR) is 90.4 cm³/mol. The van der Waals surface area contributed by atoms with Gasteiger partial charge in [-0.25, -0.2) is 4.98 Å². The fourth-order valence-electron chi connectivity index (χ4n) is 2.51. The molecule has 1 aliphatic heterocycles. The predicted octanol–water partition coefficient (Wildman–Crippen LogP) is 3.30. The molecule has 0 unspecified atom stereocenters. The van der Waals surface area contributed by atoms with Crippen LogP contribution in [0.3, 0.4) is 0 Å². The molecule has 1 fully saturated rings. The summed E-state index contributed by atoms with van der Waals surface area (Å²) in [6.07, 6.45) is 5.48. The van der Waals surface area contributed by atoms with Crippen LogP contribution < -0.4 is 5.32 Å². The molecule has 0 spiro atoms. The minimum absolute atomic E-state index is 0.180. The summed E-state index contributed by atoms with van der Waals surface area (Å²) in [4.78, 5) is 16.8. The molecule has 1 aromatic heterocycles. The molecule has 1 amide bonds. The van der Waals surface area contributed by atoms with E-state index in [2.05, 4.69) is 10.3 Å². The number of carbonyl (C=O) groups is 1. The van der Waals surface area contributed by atoms with Crippen molar-refractivity contribution in [1.29, 1.82) is 0 Å². The number of hydrogen-bond donors (Lipinski definition) is 2. The van der Waals surface area contributed by atoms with Crippen LogP contribution in [0.2, 0.25) is 0 Å². The van der Waals surface area contributed by atoms with Gasteiger partial charge in [0.1, 0.15) is 5.75 Å². The van der Waals surface area contributed by atoms with Crippen molar-refractivity contribution in [2.45, 2.75) is 12.8 Å². The third-order valence-corrected chi connectivity index (χ3v) is 4.43. The van der Waals surface area contributed by atoms with E-state index in [1.165, 1.54) is 11.3 Å². The van der Waals surface area contributed by atoms with Crippen LogP contribution in [0.1, 0.15) is 18.4 Å². The lowest BCUT2D eigenvalue weighted by atomic mass is 9.94. The Hall–Kier alpha value is -2.18. The molecule has 1 saturated heterocycles.